The third-order valence-corrected chi connectivity index (χ3v) is 4.47. The van der Waals surface area contributed by atoms with Crippen LogP contribution in [0.4, 0.5) is 11.8 Å². The van der Waals surface area contributed by atoms with Gasteiger partial charge in [0.15, 0.2) is 5.11 Å². The van der Waals surface area contributed by atoms with Gasteiger partial charge in [0.05, 0.1) is 0 Å². The summed E-state index contributed by atoms with van der Waals surface area (Å²) in [6, 6.07) is 5.94. The molecule has 3 rings (SSSR count). The van der Waals surface area contributed by atoms with Gasteiger partial charge in [-0.15, -0.1) is 0 Å². The number of piperidine rings is 1. The van der Waals surface area contributed by atoms with Crippen molar-refractivity contribution in [2.24, 2.45) is 5.92 Å². The highest BCUT2D eigenvalue weighted by Crippen LogP contribution is 2.22. The molecule has 1 aliphatic heterocycles. The standard InChI is InChI=1S/C18H24N6S/c1-13-5-4-8-24(12-13)16-9-14(2)21-17(22-16)23-18(25)20-11-15-6-3-7-19-10-15/h3,6-7,9-10,13H,4-5,8,11-12H2,1-2H3,(H2,20,21,22,23,25)/t13-/m0/s1. The van der Waals surface area contributed by atoms with Gasteiger partial charge in [-0.2, -0.15) is 4.98 Å². The van der Waals surface area contributed by atoms with E-state index in [1.165, 1.54) is 12.8 Å². The van der Waals surface area contributed by atoms with E-state index in [-0.39, 0.29) is 0 Å². The van der Waals surface area contributed by atoms with Gasteiger partial charge in [-0.05, 0) is 49.5 Å². The van der Waals surface area contributed by atoms with Crippen LogP contribution in [0.2, 0.25) is 0 Å². The maximum absolute atomic E-state index is 5.36. The SMILES string of the molecule is Cc1cc(N2CCC[C@H](C)C2)nc(NC(=S)NCc2cccnc2)n1. The lowest BCUT2D eigenvalue weighted by atomic mass is 10.0. The Kier molecular flexibility index (Phi) is 5.75. The molecule has 0 spiro atoms. The van der Waals surface area contributed by atoms with Crippen LogP contribution >= 0.6 is 12.2 Å². The van der Waals surface area contributed by atoms with Gasteiger partial charge in [-0.25, -0.2) is 4.98 Å². The van der Waals surface area contributed by atoms with Crippen molar-refractivity contribution in [3.63, 3.8) is 0 Å². The molecular formula is C18H24N6S. The minimum Gasteiger partial charge on any atom is -0.358 e. The minimum absolute atomic E-state index is 0.507. The van der Waals surface area contributed by atoms with Crippen LogP contribution in [0.5, 0.6) is 0 Å². The first-order valence-electron chi connectivity index (χ1n) is 8.64. The number of thiocarbonyl (C=S) groups is 1. The van der Waals surface area contributed by atoms with Crippen LogP contribution in [-0.2, 0) is 6.54 Å². The van der Waals surface area contributed by atoms with Crippen LogP contribution in [0, 0.1) is 12.8 Å². The predicted octanol–water partition coefficient (Wildman–Crippen LogP) is 2.90. The molecule has 1 aliphatic rings. The molecule has 1 atom stereocenters. The lowest BCUT2D eigenvalue weighted by molar-refractivity contribution is 0.444. The number of nitrogens with zero attached hydrogens (tertiary/aromatic N) is 4. The zero-order chi connectivity index (χ0) is 17.6. The van der Waals surface area contributed by atoms with Crippen molar-refractivity contribution in [1.82, 2.24) is 20.3 Å². The summed E-state index contributed by atoms with van der Waals surface area (Å²) in [6.45, 7) is 6.97. The smallest absolute Gasteiger partial charge is 0.231 e. The van der Waals surface area contributed by atoms with Crippen molar-refractivity contribution in [2.75, 3.05) is 23.3 Å². The van der Waals surface area contributed by atoms with E-state index in [1.54, 1.807) is 6.20 Å². The molecule has 2 N–H and O–H groups in total. The molecule has 1 saturated heterocycles. The topological polar surface area (TPSA) is 66.0 Å². The summed E-state index contributed by atoms with van der Waals surface area (Å²) in [6.07, 6.45) is 6.06. The highest BCUT2D eigenvalue weighted by atomic mass is 32.1. The van der Waals surface area contributed by atoms with Crippen LogP contribution < -0.4 is 15.5 Å². The summed E-state index contributed by atoms with van der Waals surface area (Å²) >= 11 is 5.36. The van der Waals surface area contributed by atoms with Crippen molar-refractivity contribution in [1.29, 1.82) is 0 Å². The zero-order valence-electron chi connectivity index (χ0n) is 14.7. The number of hydrogen-bond donors (Lipinski definition) is 2. The summed E-state index contributed by atoms with van der Waals surface area (Å²) in [5, 5.41) is 6.76. The quantitative estimate of drug-likeness (QED) is 0.817. The Hall–Kier alpha value is -2.28. The second-order valence-corrected chi connectivity index (χ2v) is 6.96. The second kappa shape index (κ2) is 8.20. The van der Waals surface area contributed by atoms with E-state index < -0.39 is 0 Å². The fourth-order valence-corrected chi connectivity index (χ4v) is 3.16. The average molecular weight is 356 g/mol. The Morgan fingerprint density at radius 1 is 1.40 bits per heavy atom. The summed E-state index contributed by atoms with van der Waals surface area (Å²) < 4.78 is 0. The van der Waals surface area contributed by atoms with Crippen molar-refractivity contribution in [3.05, 3.63) is 41.9 Å². The molecule has 6 nitrogen and oxygen atoms in total. The molecule has 0 radical (unpaired) electrons. The van der Waals surface area contributed by atoms with Gasteiger partial charge >= 0.3 is 0 Å². The molecule has 0 bridgehead atoms. The van der Waals surface area contributed by atoms with Crippen molar-refractivity contribution >= 4 is 29.1 Å². The first-order valence-corrected chi connectivity index (χ1v) is 9.05. The van der Waals surface area contributed by atoms with Crippen LogP contribution in [0.25, 0.3) is 0 Å². The third kappa shape index (κ3) is 5.09. The maximum atomic E-state index is 5.36. The molecule has 0 saturated carbocycles. The molecule has 2 aromatic heterocycles. The largest absolute Gasteiger partial charge is 0.358 e. The van der Waals surface area contributed by atoms with E-state index in [4.69, 9.17) is 12.2 Å². The third-order valence-electron chi connectivity index (χ3n) is 4.22. The second-order valence-electron chi connectivity index (χ2n) is 6.55. The van der Waals surface area contributed by atoms with Crippen LogP contribution in [0.3, 0.4) is 0 Å². The molecule has 3 heterocycles. The Bertz CT molecular complexity index is 721. The molecule has 0 amide bonds. The molecule has 132 valence electrons. The van der Waals surface area contributed by atoms with E-state index in [1.807, 2.05) is 31.3 Å². The molecule has 0 aromatic carbocycles. The average Bonchev–Trinajstić information content (AvgIpc) is 2.60. The Balaban J connectivity index is 1.62. The molecule has 2 aromatic rings. The highest BCUT2D eigenvalue weighted by molar-refractivity contribution is 7.80. The Morgan fingerprint density at radius 3 is 3.04 bits per heavy atom. The Morgan fingerprint density at radius 2 is 2.28 bits per heavy atom. The number of anilines is 2. The number of pyridine rings is 1. The molecule has 0 aliphatic carbocycles. The molecule has 25 heavy (non-hydrogen) atoms. The first kappa shape index (κ1) is 17.5. The van der Waals surface area contributed by atoms with Crippen molar-refractivity contribution in [3.8, 4) is 0 Å². The van der Waals surface area contributed by atoms with Gasteiger partial charge in [-0.3, -0.25) is 4.98 Å². The van der Waals surface area contributed by atoms with Gasteiger partial charge in [0, 0.05) is 43.8 Å². The predicted molar refractivity (Wildman–Crippen MR) is 105 cm³/mol. The number of aryl methyl sites for hydroxylation is 1. The van der Waals surface area contributed by atoms with Gasteiger partial charge < -0.3 is 15.5 Å². The fraction of sp³-hybridized carbons (Fsp3) is 0.444. The van der Waals surface area contributed by atoms with Crippen LogP contribution in [0.15, 0.2) is 30.6 Å². The van der Waals surface area contributed by atoms with E-state index in [2.05, 4.69) is 37.4 Å². The van der Waals surface area contributed by atoms with E-state index in [0.29, 0.717) is 23.5 Å². The summed E-state index contributed by atoms with van der Waals surface area (Å²) in [5.74, 6) is 2.20. The van der Waals surface area contributed by atoms with Crippen LogP contribution in [-0.4, -0.2) is 33.2 Å². The molecule has 7 heteroatoms. The van der Waals surface area contributed by atoms with Crippen molar-refractivity contribution < 1.29 is 0 Å². The summed E-state index contributed by atoms with van der Waals surface area (Å²) in [7, 11) is 0. The summed E-state index contributed by atoms with van der Waals surface area (Å²) in [4.78, 5) is 15.5. The number of rotatable bonds is 4. The van der Waals surface area contributed by atoms with E-state index in [0.717, 1.165) is 30.2 Å². The Labute approximate surface area is 154 Å². The van der Waals surface area contributed by atoms with Gasteiger partial charge in [0.1, 0.15) is 5.82 Å². The van der Waals surface area contributed by atoms with Gasteiger partial charge in [-0.1, -0.05) is 13.0 Å². The normalized spacial score (nSPS) is 17.2. The number of aromatic nitrogens is 3. The van der Waals surface area contributed by atoms with Gasteiger partial charge in [0.2, 0.25) is 5.95 Å². The monoisotopic (exact) mass is 356 g/mol. The maximum Gasteiger partial charge on any atom is 0.231 e. The van der Waals surface area contributed by atoms with Crippen molar-refractivity contribution in [2.45, 2.75) is 33.2 Å². The van der Waals surface area contributed by atoms with Gasteiger partial charge in [0.25, 0.3) is 0 Å². The van der Waals surface area contributed by atoms with E-state index in [9.17, 15) is 0 Å². The molecule has 1 fully saturated rings. The lowest BCUT2D eigenvalue weighted by Crippen LogP contribution is -2.35. The molecular weight excluding hydrogens is 332 g/mol. The highest BCUT2D eigenvalue weighted by Gasteiger charge is 2.18. The number of hydrogen-bond acceptors (Lipinski definition) is 5. The van der Waals surface area contributed by atoms with E-state index >= 15 is 0 Å². The lowest BCUT2D eigenvalue weighted by Gasteiger charge is -2.32. The molecule has 0 unspecified atom stereocenters. The van der Waals surface area contributed by atoms with Crippen LogP contribution in [0.1, 0.15) is 31.0 Å². The zero-order valence-corrected chi connectivity index (χ0v) is 15.5. The minimum atomic E-state index is 0.507. The first-order chi connectivity index (χ1) is 12.1. The number of nitrogens with one attached hydrogen (secondary N) is 2. The summed E-state index contributed by atoms with van der Waals surface area (Å²) in [5.41, 5.74) is 2.00. The fourth-order valence-electron chi connectivity index (χ4n) is 3.00.